The van der Waals surface area contributed by atoms with Gasteiger partial charge >= 0.3 is 5.97 Å². The second kappa shape index (κ2) is 8.84. The number of carbonyl (C=O) groups is 3. The fraction of sp³-hybridized carbons (Fsp3) is 0.769. The molecular formula is C13H24N2O4S. The van der Waals surface area contributed by atoms with Crippen LogP contribution in [-0.4, -0.2) is 47.5 Å². The summed E-state index contributed by atoms with van der Waals surface area (Å²) in [6.07, 6.45) is 2.34. The van der Waals surface area contributed by atoms with Crippen molar-refractivity contribution in [2.75, 3.05) is 18.6 Å². The van der Waals surface area contributed by atoms with E-state index in [0.717, 1.165) is 0 Å². The first kappa shape index (κ1) is 18.8. The maximum absolute atomic E-state index is 11.6. The quantitative estimate of drug-likeness (QED) is 0.618. The maximum Gasteiger partial charge on any atom is 0.326 e. The van der Waals surface area contributed by atoms with Crippen molar-refractivity contribution in [1.82, 2.24) is 10.6 Å². The third kappa shape index (κ3) is 8.04. The Morgan fingerprint density at radius 2 is 1.85 bits per heavy atom. The number of hydrogen-bond acceptors (Lipinski definition) is 4. The largest absolute Gasteiger partial charge is 0.480 e. The molecule has 20 heavy (non-hydrogen) atoms. The van der Waals surface area contributed by atoms with Gasteiger partial charge in [-0.2, -0.15) is 11.8 Å². The molecule has 0 radical (unpaired) electrons. The Hall–Kier alpha value is -1.24. The summed E-state index contributed by atoms with van der Waals surface area (Å²) in [6.45, 7) is 5.55. The van der Waals surface area contributed by atoms with Crippen LogP contribution in [0.25, 0.3) is 0 Å². The number of hydrogen-bond donors (Lipinski definition) is 3. The van der Waals surface area contributed by atoms with Gasteiger partial charge in [0.25, 0.3) is 0 Å². The molecule has 0 unspecified atom stereocenters. The SMILES string of the molecule is CSCC[C@@H](NC(=O)CCNC(=O)C(C)(C)C)C(=O)O. The van der Waals surface area contributed by atoms with E-state index in [4.69, 9.17) is 5.11 Å². The predicted octanol–water partition coefficient (Wildman–Crippen LogP) is 0.861. The van der Waals surface area contributed by atoms with Gasteiger partial charge in [-0.3, -0.25) is 9.59 Å². The fourth-order valence-corrected chi connectivity index (χ4v) is 1.79. The van der Waals surface area contributed by atoms with Crippen LogP contribution in [0.4, 0.5) is 0 Å². The number of carboxylic acids is 1. The summed E-state index contributed by atoms with van der Waals surface area (Å²) < 4.78 is 0. The second-order valence-electron chi connectivity index (χ2n) is 5.50. The number of aliphatic carboxylic acids is 1. The van der Waals surface area contributed by atoms with Gasteiger partial charge in [0, 0.05) is 18.4 Å². The number of thioether (sulfide) groups is 1. The lowest BCUT2D eigenvalue weighted by Crippen LogP contribution is -2.43. The number of carbonyl (C=O) groups excluding carboxylic acids is 2. The minimum Gasteiger partial charge on any atom is -0.480 e. The van der Waals surface area contributed by atoms with E-state index in [0.29, 0.717) is 12.2 Å². The van der Waals surface area contributed by atoms with Gasteiger partial charge in [-0.25, -0.2) is 4.79 Å². The molecule has 0 saturated heterocycles. The highest BCUT2D eigenvalue weighted by Crippen LogP contribution is 2.12. The highest BCUT2D eigenvalue weighted by molar-refractivity contribution is 7.98. The molecule has 116 valence electrons. The van der Waals surface area contributed by atoms with E-state index in [2.05, 4.69) is 10.6 Å². The van der Waals surface area contributed by atoms with Crippen molar-refractivity contribution >= 4 is 29.5 Å². The van der Waals surface area contributed by atoms with Crippen LogP contribution >= 0.6 is 11.8 Å². The summed E-state index contributed by atoms with van der Waals surface area (Å²) in [4.78, 5) is 34.2. The van der Waals surface area contributed by atoms with Crippen molar-refractivity contribution in [3.8, 4) is 0 Å². The van der Waals surface area contributed by atoms with Gasteiger partial charge in [0.1, 0.15) is 6.04 Å². The van der Waals surface area contributed by atoms with Crippen LogP contribution in [0.3, 0.4) is 0 Å². The van der Waals surface area contributed by atoms with Crippen LogP contribution in [-0.2, 0) is 14.4 Å². The molecule has 1 atom stereocenters. The van der Waals surface area contributed by atoms with Crippen LogP contribution in [0.1, 0.15) is 33.6 Å². The Kier molecular flexibility index (Phi) is 8.29. The van der Waals surface area contributed by atoms with E-state index in [1.807, 2.05) is 6.26 Å². The molecule has 0 aromatic heterocycles. The molecule has 6 nitrogen and oxygen atoms in total. The molecule has 3 N–H and O–H groups in total. The van der Waals surface area contributed by atoms with Crippen molar-refractivity contribution < 1.29 is 19.5 Å². The molecular weight excluding hydrogens is 280 g/mol. The molecule has 0 heterocycles. The van der Waals surface area contributed by atoms with Gasteiger partial charge in [0.15, 0.2) is 0 Å². The molecule has 0 fully saturated rings. The van der Waals surface area contributed by atoms with E-state index in [1.165, 1.54) is 11.8 Å². The van der Waals surface area contributed by atoms with Gasteiger partial charge in [-0.1, -0.05) is 20.8 Å². The third-order valence-corrected chi connectivity index (χ3v) is 3.21. The lowest BCUT2D eigenvalue weighted by Gasteiger charge is -2.18. The second-order valence-corrected chi connectivity index (χ2v) is 6.48. The molecule has 0 bridgehead atoms. The highest BCUT2D eigenvalue weighted by atomic mass is 32.2. The Morgan fingerprint density at radius 1 is 1.25 bits per heavy atom. The lowest BCUT2D eigenvalue weighted by molar-refractivity contribution is -0.142. The summed E-state index contributed by atoms with van der Waals surface area (Å²) in [5.74, 6) is -0.876. The van der Waals surface area contributed by atoms with E-state index >= 15 is 0 Å². The first-order valence-corrected chi connectivity index (χ1v) is 7.87. The van der Waals surface area contributed by atoms with Crippen molar-refractivity contribution in [2.24, 2.45) is 5.41 Å². The molecule has 0 saturated carbocycles. The van der Waals surface area contributed by atoms with E-state index in [-0.39, 0.29) is 24.8 Å². The third-order valence-electron chi connectivity index (χ3n) is 2.56. The minimum atomic E-state index is -1.04. The van der Waals surface area contributed by atoms with Crippen molar-refractivity contribution in [1.29, 1.82) is 0 Å². The molecule has 2 amide bonds. The normalized spacial score (nSPS) is 12.6. The predicted molar refractivity (Wildman–Crippen MR) is 79.6 cm³/mol. The average Bonchev–Trinajstić information content (AvgIpc) is 2.32. The van der Waals surface area contributed by atoms with Gasteiger partial charge in [0.2, 0.25) is 11.8 Å². The maximum atomic E-state index is 11.6. The van der Waals surface area contributed by atoms with Gasteiger partial charge in [-0.15, -0.1) is 0 Å². The molecule has 0 aliphatic rings. The first-order chi connectivity index (χ1) is 9.18. The number of nitrogens with one attached hydrogen (secondary N) is 2. The molecule has 0 aromatic carbocycles. The van der Waals surface area contributed by atoms with Crippen LogP contribution in [0.2, 0.25) is 0 Å². The fourth-order valence-electron chi connectivity index (χ4n) is 1.31. The molecule has 0 aliphatic heterocycles. The van der Waals surface area contributed by atoms with Crippen molar-refractivity contribution in [2.45, 2.75) is 39.7 Å². The summed E-state index contributed by atoms with van der Waals surface area (Å²) in [5, 5.41) is 14.1. The minimum absolute atomic E-state index is 0.0743. The molecule has 0 spiro atoms. The zero-order valence-electron chi connectivity index (χ0n) is 12.5. The van der Waals surface area contributed by atoms with Gasteiger partial charge in [0.05, 0.1) is 0 Å². The Balaban J connectivity index is 4.08. The summed E-state index contributed by atoms with van der Waals surface area (Å²) in [7, 11) is 0. The van der Waals surface area contributed by atoms with Gasteiger partial charge < -0.3 is 15.7 Å². The Morgan fingerprint density at radius 3 is 2.30 bits per heavy atom. The van der Waals surface area contributed by atoms with E-state index in [1.54, 1.807) is 20.8 Å². The topological polar surface area (TPSA) is 95.5 Å². The van der Waals surface area contributed by atoms with Crippen LogP contribution in [0.5, 0.6) is 0 Å². The van der Waals surface area contributed by atoms with Crippen LogP contribution in [0, 0.1) is 5.41 Å². The van der Waals surface area contributed by atoms with Crippen LogP contribution < -0.4 is 10.6 Å². The summed E-state index contributed by atoms with van der Waals surface area (Å²) in [6, 6.07) is -0.867. The lowest BCUT2D eigenvalue weighted by atomic mass is 9.96. The highest BCUT2D eigenvalue weighted by Gasteiger charge is 2.22. The summed E-state index contributed by atoms with van der Waals surface area (Å²) in [5.41, 5.74) is -0.502. The van der Waals surface area contributed by atoms with Crippen molar-refractivity contribution in [3.05, 3.63) is 0 Å². The van der Waals surface area contributed by atoms with Crippen LogP contribution in [0.15, 0.2) is 0 Å². The van der Waals surface area contributed by atoms with E-state index in [9.17, 15) is 14.4 Å². The zero-order chi connectivity index (χ0) is 15.8. The Bertz CT molecular complexity index is 353. The standard InChI is InChI=1S/C13H24N2O4S/c1-13(2,3)12(19)14-7-5-10(16)15-9(11(17)18)6-8-20-4/h9H,5-8H2,1-4H3,(H,14,19)(H,15,16)(H,17,18)/t9-/m1/s1. The molecule has 7 heteroatoms. The molecule has 0 rings (SSSR count). The smallest absolute Gasteiger partial charge is 0.326 e. The molecule has 0 aromatic rings. The van der Waals surface area contributed by atoms with Crippen molar-refractivity contribution in [3.63, 3.8) is 0 Å². The molecule has 0 aliphatic carbocycles. The average molecular weight is 304 g/mol. The monoisotopic (exact) mass is 304 g/mol. The number of amides is 2. The summed E-state index contributed by atoms with van der Waals surface area (Å²) >= 11 is 1.53. The first-order valence-electron chi connectivity index (χ1n) is 6.48. The number of rotatable bonds is 8. The zero-order valence-corrected chi connectivity index (χ0v) is 13.3. The van der Waals surface area contributed by atoms with Gasteiger partial charge in [-0.05, 0) is 18.4 Å². The van der Waals surface area contributed by atoms with E-state index < -0.39 is 17.4 Å². The Labute approximate surface area is 124 Å². The number of carboxylic acid groups (broad SMARTS) is 1.